The van der Waals surface area contributed by atoms with Crippen LogP contribution in [0.25, 0.3) is 0 Å². The summed E-state index contributed by atoms with van der Waals surface area (Å²) in [4.78, 5) is 27.1. The molecule has 0 spiro atoms. The summed E-state index contributed by atoms with van der Waals surface area (Å²) in [5.41, 5.74) is 1.48. The van der Waals surface area contributed by atoms with E-state index in [1.807, 2.05) is 0 Å². The van der Waals surface area contributed by atoms with Crippen molar-refractivity contribution in [3.63, 3.8) is 0 Å². The number of carbonyl (C=O) groups is 2. The van der Waals surface area contributed by atoms with Crippen LogP contribution in [0.2, 0.25) is 0 Å². The van der Waals surface area contributed by atoms with Crippen molar-refractivity contribution in [3.8, 4) is 0 Å². The summed E-state index contributed by atoms with van der Waals surface area (Å²) in [5.74, 6) is -0.226. The lowest BCUT2D eigenvalue weighted by Crippen LogP contribution is -2.46. The van der Waals surface area contributed by atoms with Gasteiger partial charge in [0.15, 0.2) is 0 Å². The third-order valence-electron chi connectivity index (χ3n) is 6.73. The van der Waals surface area contributed by atoms with Crippen molar-refractivity contribution in [1.82, 2.24) is 9.62 Å². The van der Waals surface area contributed by atoms with Gasteiger partial charge in [-0.1, -0.05) is 32.1 Å². The van der Waals surface area contributed by atoms with Crippen LogP contribution in [0, 0.1) is 0 Å². The van der Waals surface area contributed by atoms with Crippen molar-refractivity contribution in [2.45, 2.75) is 81.6 Å². The lowest BCUT2D eigenvalue weighted by Gasteiger charge is -2.30. The normalized spacial score (nSPS) is 21.4. The number of hydrogen-bond acceptors (Lipinski definition) is 4. The number of anilines is 1. The Morgan fingerprint density at radius 1 is 0.968 bits per heavy atom. The molecule has 0 atom stereocenters. The zero-order chi connectivity index (χ0) is 21.8. The molecule has 2 aliphatic heterocycles. The van der Waals surface area contributed by atoms with E-state index in [-0.39, 0.29) is 35.7 Å². The first-order valence-corrected chi connectivity index (χ1v) is 13.1. The Hall–Kier alpha value is -1.93. The summed E-state index contributed by atoms with van der Waals surface area (Å²) in [6, 6.07) is 5.14. The third-order valence-corrected chi connectivity index (χ3v) is 8.62. The zero-order valence-corrected chi connectivity index (χ0v) is 19.0. The Morgan fingerprint density at radius 3 is 2.35 bits per heavy atom. The molecule has 8 heteroatoms. The van der Waals surface area contributed by atoms with Crippen molar-refractivity contribution in [2.24, 2.45) is 0 Å². The quantitative estimate of drug-likeness (QED) is 0.752. The van der Waals surface area contributed by atoms with Gasteiger partial charge in [-0.2, -0.15) is 4.31 Å². The van der Waals surface area contributed by atoms with E-state index in [0.717, 1.165) is 44.1 Å². The van der Waals surface area contributed by atoms with Gasteiger partial charge in [0.1, 0.15) is 6.54 Å². The van der Waals surface area contributed by atoms with Gasteiger partial charge >= 0.3 is 0 Å². The molecule has 0 radical (unpaired) electrons. The highest BCUT2D eigenvalue weighted by atomic mass is 32.2. The summed E-state index contributed by atoms with van der Waals surface area (Å²) in [7, 11) is -3.50. The second-order valence-corrected chi connectivity index (χ2v) is 10.9. The van der Waals surface area contributed by atoms with Crippen LogP contribution in [0.1, 0.15) is 69.8 Å². The Kier molecular flexibility index (Phi) is 6.96. The maximum Gasteiger partial charge on any atom is 0.243 e. The van der Waals surface area contributed by atoms with Crippen molar-refractivity contribution >= 4 is 27.5 Å². The number of carbonyl (C=O) groups excluding carboxylic acids is 2. The second-order valence-electron chi connectivity index (χ2n) is 8.99. The van der Waals surface area contributed by atoms with Crippen molar-refractivity contribution in [2.75, 3.05) is 24.5 Å². The van der Waals surface area contributed by atoms with Gasteiger partial charge in [0.2, 0.25) is 21.8 Å². The monoisotopic (exact) mass is 447 g/mol. The van der Waals surface area contributed by atoms with Crippen LogP contribution in [0.3, 0.4) is 0 Å². The molecule has 0 bridgehead atoms. The fourth-order valence-corrected chi connectivity index (χ4v) is 6.53. The van der Waals surface area contributed by atoms with Crippen LogP contribution >= 0.6 is 0 Å². The Balaban J connectivity index is 1.47. The smallest absolute Gasteiger partial charge is 0.243 e. The average Bonchev–Trinajstić information content (AvgIpc) is 3.27. The first kappa shape index (κ1) is 22.3. The predicted molar refractivity (Wildman–Crippen MR) is 119 cm³/mol. The molecule has 1 saturated heterocycles. The van der Waals surface area contributed by atoms with Crippen LogP contribution < -0.4 is 10.2 Å². The lowest BCUT2D eigenvalue weighted by molar-refractivity contribution is -0.124. The molecule has 2 fully saturated rings. The first-order chi connectivity index (χ1) is 14.9. The molecular formula is C23H33N3O4S. The number of aryl methyl sites for hydroxylation is 1. The standard InChI is InChI=1S/C23H33N3O4S/c27-22(24-19-8-4-2-1-3-5-9-19)17-26-21-12-11-20(16-18(21)10-13-23(26)28)31(29,30)25-14-6-7-15-25/h11-12,16,19H,1-10,13-15,17H2,(H,24,27). The Morgan fingerprint density at radius 2 is 1.65 bits per heavy atom. The molecule has 1 aromatic rings. The average molecular weight is 448 g/mol. The second kappa shape index (κ2) is 9.69. The Bertz CT molecular complexity index is 917. The van der Waals surface area contributed by atoms with Crippen molar-refractivity contribution < 1.29 is 18.0 Å². The summed E-state index contributed by atoms with van der Waals surface area (Å²) >= 11 is 0. The number of amides is 2. The van der Waals surface area contributed by atoms with Gasteiger partial charge in [-0.15, -0.1) is 0 Å². The maximum atomic E-state index is 12.9. The molecule has 3 aliphatic rings. The molecule has 0 unspecified atom stereocenters. The van der Waals surface area contributed by atoms with Crippen LogP contribution in [-0.4, -0.2) is 50.2 Å². The van der Waals surface area contributed by atoms with Crippen LogP contribution in [0.15, 0.2) is 23.1 Å². The molecule has 31 heavy (non-hydrogen) atoms. The fraction of sp³-hybridized carbons (Fsp3) is 0.652. The maximum absolute atomic E-state index is 12.9. The lowest BCUT2D eigenvalue weighted by atomic mass is 9.96. The number of nitrogens with one attached hydrogen (secondary N) is 1. The minimum atomic E-state index is -3.50. The molecule has 1 aliphatic carbocycles. The molecule has 7 nitrogen and oxygen atoms in total. The molecule has 0 aromatic heterocycles. The molecule has 170 valence electrons. The van der Waals surface area contributed by atoms with Gasteiger partial charge in [-0.05, 0) is 55.9 Å². The topological polar surface area (TPSA) is 86.8 Å². The SMILES string of the molecule is O=C(CN1C(=O)CCc2cc(S(=O)(=O)N3CCCC3)ccc21)NC1CCCCCCC1. The van der Waals surface area contributed by atoms with Crippen LogP contribution in [0.4, 0.5) is 5.69 Å². The highest BCUT2D eigenvalue weighted by Crippen LogP contribution is 2.31. The minimum Gasteiger partial charge on any atom is -0.352 e. The first-order valence-electron chi connectivity index (χ1n) is 11.7. The van der Waals surface area contributed by atoms with E-state index in [1.54, 1.807) is 18.2 Å². The molecule has 2 heterocycles. The molecule has 1 saturated carbocycles. The summed E-state index contributed by atoms with van der Waals surface area (Å²) < 4.78 is 27.3. The number of benzene rings is 1. The highest BCUT2D eigenvalue weighted by molar-refractivity contribution is 7.89. The van der Waals surface area contributed by atoms with Crippen LogP contribution in [0.5, 0.6) is 0 Å². The number of fused-ring (bicyclic) bond motifs is 1. The van der Waals surface area contributed by atoms with E-state index < -0.39 is 10.0 Å². The van der Waals surface area contributed by atoms with Crippen molar-refractivity contribution in [1.29, 1.82) is 0 Å². The van der Waals surface area contributed by atoms with E-state index in [2.05, 4.69) is 5.32 Å². The summed E-state index contributed by atoms with van der Waals surface area (Å²) in [6.45, 7) is 1.11. The molecule has 4 rings (SSSR count). The third kappa shape index (κ3) is 5.12. The zero-order valence-electron chi connectivity index (χ0n) is 18.1. The highest BCUT2D eigenvalue weighted by Gasteiger charge is 2.31. The van der Waals surface area contributed by atoms with Gasteiger partial charge in [0, 0.05) is 31.2 Å². The minimum absolute atomic E-state index is 0.0133. The van der Waals surface area contributed by atoms with Crippen molar-refractivity contribution in [3.05, 3.63) is 23.8 Å². The largest absolute Gasteiger partial charge is 0.352 e. The van der Waals surface area contributed by atoms with E-state index in [1.165, 1.54) is 28.5 Å². The number of rotatable bonds is 5. The summed E-state index contributed by atoms with van der Waals surface area (Å²) in [6.07, 6.45) is 10.5. The number of nitrogens with zero attached hydrogens (tertiary/aromatic N) is 2. The fourth-order valence-electron chi connectivity index (χ4n) is 4.97. The Labute approximate surface area is 185 Å². The van der Waals surface area contributed by atoms with Crippen LogP contribution in [-0.2, 0) is 26.0 Å². The summed E-state index contributed by atoms with van der Waals surface area (Å²) in [5, 5.41) is 3.12. The van der Waals surface area contributed by atoms with E-state index in [4.69, 9.17) is 0 Å². The van der Waals surface area contributed by atoms with Gasteiger partial charge in [-0.25, -0.2) is 8.42 Å². The van der Waals surface area contributed by atoms with Gasteiger partial charge in [0.05, 0.1) is 4.90 Å². The van der Waals surface area contributed by atoms with E-state index >= 15 is 0 Å². The number of hydrogen-bond donors (Lipinski definition) is 1. The van der Waals surface area contributed by atoms with Gasteiger partial charge < -0.3 is 10.2 Å². The number of sulfonamides is 1. The molecule has 1 aromatic carbocycles. The van der Waals surface area contributed by atoms with Gasteiger partial charge in [0.25, 0.3) is 0 Å². The molecule has 2 amide bonds. The molecular weight excluding hydrogens is 414 g/mol. The van der Waals surface area contributed by atoms with Gasteiger partial charge in [-0.3, -0.25) is 9.59 Å². The van der Waals surface area contributed by atoms with E-state index in [0.29, 0.717) is 25.2 Å². The molecule has 1 N–H and O–H groups in total. The van der Waals surface area contributed by atoms with E-state index in [9.17, 15) is 18.0 Å². The predicted octanol–water partition coefficient (Wildman–Crippen LogP) is 2.98.